The molecule has 1 aliphatic heterocycles. The Morgan fingerprint density at radius 1 is 1.00 bits per heavy atom. The van der Waals surface area contributed by atoms with Gasteiger partial charge in [0.1, 0.15) is 13.2 Å². The summed E-state index contributed by atoms with van der Waals surface area (Å²) in [6, 6.07) is 14.0. The molecular formula is C15H15NO2S. The Hall–Kier alpha value is -1.81. The molecule has 0 aromatic heterocycles. The van der Waals surface area contributed by atoms with Crippen LogP contribution in [0, 0.1) is 0 Å². The van der Waals surface area contributed by atoms with E-state index in [2.05, 4.69) is 12.1 Å². The minimum absolute atomic E-state index is 0.618. The van der Waals surface area contributed by atoms with Gasteiger partial charge in [-0.3, -0.25) is 0 Å². The summed E-state index contributed by atoms with van der Waals surface area (Å²) in [6.45, 7) is 1.24. The SMILES string of the molecule is Nc1ccccc1CSc1ccc2c(c1)OCCO2. The standard InChI is InChI=1S/C15H15NO2S/c16-13-4-2-1-3-11(13)10-19-12-5-6-14-15(9-12)18-8-7-17-14/h1-6,9H,7-8,10,16H2. The van der Waals surface area contributed by atoms with Crippen LogP contribution in [0.3, 0.4) is 0 Å². The minimum Gasteiger partial charge on any atom is -0.486 e. The molecule has 19 heavy (non-hydrogen) atoms. The zero-order chi connectivity index (χ0) is 13.1. The predicted molar refractivity (Wildman–Crippen MR) is 77.8 cm³/mol. The number of para-hydroxylation sites is 1. The van der Waals surface area contributed by atoms with Crippen LogP contribution in [0.5, 0.6) is 11.5 Å². The van der Waals surface area contributed by atoms with Crippen molar-refractivity contribution in [2.75, 3.05) is 18.9 Å². The Bertz CT molecular complexity index is 586. The number of hydrogen-bond donors (Lipinski definition) is 1. The van der Waals surface area contributed by atoms with Gasteiger partial charge < -0.3 is 15.2 Å². The van der Waals surface area contributed by atoms with Crippen LogP contribution in [-0.4, -0.2) is 13.2 Å². The molecule has 0 spiro atoms. The second-order valence-corrected chi connectivity index (χ2v) is 5.34. The molecule has 2 aromatic rings. The number of thioether (sulfide) groups is 1. The van der Waals surface area contributed by atoms with Crippen LogP contribution in [-0.2, 0) is 5.75 Å². The molecule has 3 rings (SSSR count). The molecule has 0 fully saturated rings. The van der Waals surface area contributed by atoms with Gasteiger partial charge in [-0.25, -0.2) is 0 Å². The molecule has 4 heteroatoms. The molecule has 0 bridgehead atoms. The first kappa shape index (κ1) is 12.2. The summed E-state index contributed by atoms with van der Waals surface area (Å²) in [6.07, 6.45) is 0. The quantitative estimate of drug-likeness (QED) is 0.688. The van der Waals surface area contributed by atoms with Crippen LogP contribution in [0.15, 0.2) is 47.4 Å². The average Bonchev–Trinajstić information content (AvgIpc) is 2.46. The van der Waals surface area contributed by atoms with Crippen molar-refractivity contribution in [3.63, 3.8) is 0 Å². The third-order valence-corrected chi connectivity index (χ3v) is 4.01. The van der Waals surface area contributed by atoms with Gasteiger partial charge in [-0.1, -0.05) is 18.2 Å². The van der Waals surface area contributed by atoms with Crippen molar-refractivity contribution in [1.82, 2.24) is 0 Å². The lowest BCUT2D eigenvalue weighted by Gasteiger charge is -2.18. The predicted octanol–water partition coefficient (Wildman–Crippen LogP) is 3.33. The summed E-state index contributed by atoms with van der Waals surface area (Å²) in [5, 5.41) is 0. The van der Waals surface area contributed by atoms with E-state index in [0.29, 0.717) is 13.2 Å². The molecule has 2 N–H and O–H groups in total. The zero-order valence-corrected chi connectivity index (χ0v) is 11.3. The van der Waals surface area contributed by atoms with E-state index in [-0.39, 0.29) is 0 Å². The van der Waals surface area contributed by atoms with E-state index in [1.54, 1.807) is 11.8 Å². The molecule has 0 radical (unpaired) electrons. The summed E-state index contributed by atoms with van der Waals surface area (Å²) in [7, 11) is 0. The van der Waals surface area contributed by atoms with Gasteiger partial charge in [0.15, 0.2) is 11.5 Å². The Labute approximate surface area is 116 Å². The molecule has 0 amide bonds. The van der Waals surface area contributed by atoms with Crippen LogP contribution in [0.1, 0.15) is 5.56 Å². The molecule has 0 unspecified atom stereocenters. The van der Waals surface area contributed by atoms with Crippen LogP contribution in [0.4, 0.5) is 5.69 Å². The van der Waals surface area contributed by atoms with Crippen molar-refractivity contribution in [3.05, 3.63) is 48.0 Å². The first-order chi connectivity index (χ1) is 9.33. The number of nitrogen functional groups attached to an aromatic ring is 1. The number of fused-ring (bicyclic) bond motifs is 1. The highest BCUT2D eigenvalue weighted by atomic mass is 32.2. The van der Waals surface area contributed by atoms with Gasteiger partial charge in [0.25, 0.3) is 0 Å². The van der Waals surface area contributed by atoms with Gasteiger partial charge in [-0.05, 0) is 29.8 Å². The van der Waals surface area contributed by atoms with Crippen LogP contribution < -0.4 is 15.2 Å². The first-order valence-corrected chi connectivity index (χ1v) is 7.17. The molecule has 3 nitrogen and oxygen atoms in total. The van der Waals surface area contributed by atoms with E-state index in [1.165, 1.54) is 0 Å². The largest absolute Gasteiger partial charge is 0.486 e. The number of benzene rings is 2. The monoisotopic (exact) mass is 273 g/mol. The summed E-state index contributed by atoms with van der Waals surface area (Å²) >= 11 is 1.74. The molecule has 0 aliphatic carbocycles. The Balaban J connectivity index is 1.72. The lowest BCUT2D eigenvalue weighted by molar-refractivity contribution is 0.171. The highest BCUT2D eigenvalue weighted by molar-refractivity contribution is 7.98. The molecule has 0 saturated carbocycles. The molecular weight excluding hydrogens is 258 g/mol. The fourth-order valence-corrected chi connectivity index (χ4v) is 2.88. The van der Waals surface area contributed by atoms with Gasteiger partial charge in [0.2, 0.25) is 0 Å². The van der Waals surface area contributed by atoms with Gasteiger partial charge in [0.05, 0.1) is 0 Å². The third-order valence-electron chi connectivity index (χ3n) is 2.96. The smallest absolute Gasteiger partial charge is 0.162 e. The van der Waals surface area contributed by atoms with E-state index in [0.717, 1.165) is 33.4 Å². The fraction of sp³-hybridized carbons (Fsp3) is 0.200. The lowest BCUT2D eigenvalue weighted by atomic mass is 10.2. The first-order valence-electron chi connectivity index (χ1n) is 6.19. The highest BCUT2D eigenvalue weighted by Gasteiger charge is 2.11. The molecule has 1 aliphatic rings. The average molecular weight is 273 g/mol. The van der Waals surface area contributed by atoms with Crippen LogP contribution in [0.2, 0.25) is 0 Å². The van der Waals surface area contributed by atoms with E-state index in [4.69, 9.17) is 15.2 Å². The van der Waals surface area contributed by atoms with Gasteiger partial charge in [0, 0.05) is 16.3 Å². The number of hydrogen-bond acceptors (Lipinski definition) is 4. The number of anilines is 1. The van der Waals surface area contributed by atoms with Crippen molar-refractivity contribution < 1.29 is 9.47 Å². The number of nitrogens with two attached hydrogens (primary N) is 1. The van der Waals surface area contributed by atoms with E-state index >= 15 is 0 Å². The second kappa shape index (κ2) is 5.45. The maximum absolute atomic E-state index is 5.94. The molecule has 98 valence electrons. The van der Waals surface area contributed by atoms with Crippen LogP contribution in [0.25, 0.3) is 0 Å². The van der Waals surface area contributed by atoms with Gasteiger partial charge in [-0.2, -0.15) is 0 Å². The summed E-state index contributed by atoms with van der Waals surface area (Å²) in [5.41, 5.74) is 7.93. The molecule has 0 atom stereocenters. The van der Waals surface area contributed by atoms with Crippen molar-refractivity contribution >= 4 is 17.4 Å². The number of ether oxygens (including phenoxy) is 2. The maximum Gasteiger partial charge on any atom is 0.162 e. The summed E-state index contributed by atoms with van der Waals surface area (Å²) in [4.78, 5) is 1.16. The summed E-state index contributed by atoms with van der Waals surface area (Å²) < 4.78 is 11.1. The fourth-order valence-electron chi connectivity index (χ4n) is 1.94. The Morgan fingerprint density at radius 3 is 2.63 bits per heavy atom. The Morgan fingerprint density at radius 2 is 1.79 bits per heavy atom. The Kier molecular flexibility index (Phi) is 3.51. The third kappa shape index (κ3) is 2.79. The van der Waals surface area contributed by atoms with Gasteiger partial charge >= 0.3 is 0 Å². The van der Waals surface area contributed by atoms with Crippen molar-refractivity contribution in [3.8, 4) is 11.5 Å². The van der Waals surface area contributed by atoms with Crippen molar-refractivity contribution in [2.24, 2.45) is 0 Å². The molecule has 0 saturated heterocycles. The molecule has 1 heterocycles. The number of rotatable bonds is 3. The molecule has 2 aromatic carbocycles. The van der Waals surface area contributed by atoms with E-state index < -0.39 is 0 Å². The normalized spacial score (nSPS) is 13.3. The highest BCUT2D eigenvalue weighted by Crippen LogP contribution is 2.35. The zero-order valence-electron chi connectivity index (χ0n) is 10.5. The van der Waals surface area contributed by atoms with Crippen molar-refractivity contribution in [1.29, 1.82) is 0 Å². The van der Waals surface area contributed by atoms with E-state index in [9.17, 15) is 0 Å². The topological polar surface area (TPSA) is 44.5 Å². The maximum atomic E-state index is 5.94. The minimum atomic E-state index is 0.618. The van der Waals surface area contributed by atoms with E-state index in [1.807, 2.05) is 30.3 Å². The van der Waals surface area contributed by atoms with Crippen molar-refractivity contribution in [2.45, 2.75) is 10.6 Å². The summed E-state index contributed by atoms with van der Waals surface area (Å²) in [5.74, 6) is 2.51. The van der Waals surface area contributed by atoms with Crippen LogP contribution >= 0.6 is 11.8 Å². The second-order valence-electron chi connectivity index (χ2n) is 4.29. The van der Waals surface area contributed by atoms with Gasteiger partial charge in [-0.15, -0.1) is 11.8 Å². The lowest BCUT2D eigenvalue weighted by Crippen LogP contribution is -2.15.